The monoisotopic (exact) mass is 558 g/mol. The Morgan fingerprint density at radius 1 is 0.944 bits per heavy atom. The van der Waals surface area contributed by atoms with Gasteiger partial charge in [0.05, 0.1) is 5.52 Å². The van der Waals surface area contributed by atoms with Crippen LogP contribution in [-0.2, 0) is 6.42 Å². The van der Waals surface area contributed by atoms with Crippen LogP contribution in [0.25, 0.3) is 10.9 Å². The maximum absolute atomic E-state index is 13.3. The first-order valence-corrected chi connectivity index (χ1v) is 11.5. The van der Waals surface area contributed by atoms with E-state index in [1.165, 1.54) is 6.07 Å². The molecule has 4 rings (SSSR count). The number of alkyl halides is 3. The second-order valence-electron chi connectivity index (χ2n) is 7.77. The normalized spacial score (nSPS) is 11.3. The SMILES string of the molecule is O=C(NCCc1ccc(Br)cc1)c1cc2ccccc2n(C(=O)c2ccc(OC(F)(F)F)cc2)c1=O. The van der Waals surface area contributed by atoms with Crippen molar-refractivity contribution >= 4 is 38.6 Å². The van der Waals surface area contributed by atoms with Gasteiger partial charge in [-0.3, -0.25) is 14.4 Å². The average molecular weight is 559 g/mol. The van der Waals surface area contributed by atoms with E-state index in [0.29, 0.717) is 11.8 Å². The molecule has 10 heteroatoms. The molecule has 0 spiro atoms. The molecule has 4 aromatic rings. The number of pyridine rings is 1. The van der Waals surface area contributed by atoms with Gasteiger partial charge in [-0.05, 0) is 65.9 Å². The van der Waals surface area contributed by atoms with Crippen molar-refractivity contribution in [2.45, 2.75) is 12.8 Å². The van der Waals surface area contributed by atoms with Gasteiger partial charge < -0.3 is 10.1 Å². The molecule has 0 unspecified atom stereocenters. The van der Waals surface area contributed by atoms with Crippen LogP contribution < -0.4 is 15.6 Å². The molecule has 1 heterocycles. The van der Waals surface area contributed by atoms with E-state index in [4.69, 9.17) is 0 Å². The van der Waals surface area contributed by atoms with Crippen molar-refractivity contribution < 1.29 is 27.5 Å². The van der Waals surface area contributed by atoms with Gasteiger partial charge in [-0.25, -0.2) is 4.57 Å². The van der Waals surface area contributed by atoms with E-state index in [0.717, 1.165) is 38.9 Å². The zero-order chi connectivity index (χ0) is 25.9. The summed E-state index contributed by atoms with van der Waals surface area (Å²) in [7, 11) is 0. The van der Waals surface area contributed by atoms with Gasteiger partial charge in [0.25, 0.3) is 17.4 Å². The van der Waals surface area contributed by atoms with Crippen molar-refractivity contribution in [1.29, 1.82) is 0 Å². The van der Waals surface area contributed by atoms with E-state index < -0.39 is 29.5 Å². The number of amides is 1. The minimum atomic E-state index is -4.88. The van der Waals surface area contributed by atoms with Gasteiger partial charge in [-0.15, -0.1) is 13.2 Å². The highest BCUT2D eigenvalue weighted by Gasteiger charge is 2.31. The second-order valence-corrected chi connectivity index (χ2v) is 8.68. The topological polar surface area (TPSA) is 77.4 Å². The van der Waals surface area contributed by atoms with Crippen LogP contribution in [0.15, 0.2) is 88.1 Å². The molecule has 6 nitrogen and oxygen atoms in total. The van der Waals surface area contributed by atoms with Gasteiger partial charge in [-0.2, -0.15) is 0 Å². The maximum Gasteiger partial charge on any atom is 0.573 e. The fourth-order valence-corrected chi connectivity index (χ4v) is 3.88. The number of hydrogen-bond acceptors (Lipinski definition) is 4. The Kier molecular flexibility index (Phi) is 7.25. The Morgan fingerprint density at radius 3 is 2.28 bits per heavy atom. The highest BCUT2D eigenvalue weighted by Crippen LogP contribution is 2.23. The molecule has 0 bridgehead atoms. The van der Waals surface area contributed by atoms with Gasteiger partial charge in [0.1, 0.15) is 11.3 Å². The molecule has 0 radical (unpaired) electrons. The maximum atomic E-state index is 13.3. The van der Waals surface area contributed by atoms with E-state index in [1.54, 1.807) is 24.3 Å². The summed E-state index contributed by atoms with van der Waals surface area (Å²) in [4.78, 5) is 39.4. The lowest BCUT2D eigenvalue weighted by Gasteiger charge is -2.13. The molecular weight excluding hydrogens is 541 g/mol. The number of carbonyl (C=O) groups is 2. The largest absolute Gasteiger partial charge is 0.573 e. The second kappa shape index (κ2) is 10.4. The van der Waals surface area contributed by atoms with Crippen LogP contribution in [0.3, 0.4) is 0 Å². The zero-order valence-electron chi connectivity index (χ0n) is 18.5. The molecule has 3 aromatic carbocycles. The summed E-state index contributed by atoms with van der Waals surface area (Å²) >= 11 is 3.36. The number of para-hydroxylation sites is 1. The van der Waals surface area contributed by atoms with Crippen molar-refractivity contribution in [2.75, 3.05) is 6.54 Å². The Balaban J connectivity index is 1.62. The number of aromatic nitrogens is 1. The number of fused-ring (bicyclic) bond motifs is 1. The van der Waals surface area contributed by atoms with Crippen molar-refractivity contribution in [3.8, 4) is 5.75 Å². The molecule has 0 saturated carbocycles. The summed E-state index contributed by atoms with van der Waals surface area (Å²) in [6, 6.07) is 19.7. The third kappa shape index (κ3) is 5.83. The first-order valence-electron chi connectivity index (χ1n) is 10.7. The highest BCUT2D eigenvalue weighted by molar-refractivity contribution is 9.10. The Morgan fingerprint density at radius 2 is 1.61 bits per heavy atom. The Hall–Kier alpha value is -3.92. The van der Waals surface area contributed by atoms with E-state index in [9.17, 15) is 27.6 Å². The van der Waals surface area contributed by atoms with Gasteiger partial charge in [0.2, 0.25) is 0 Å². The highest BCUT2D eigenvalue weighted by atomic mass is 79.9. The molecule has 0 atom stereocenters. The van der Waals surface area contributed by atoms with Crippen molar-refractivity contribution in [1.82, 2.24) is 9.88 Å². The lowest BCUT2D eigenvalue weighted by Crippen LogP contribution is -2.36. The van der Waals surface area contributed by atoms with Gasteiger partial charge in [-0.1, -0.05) is 46.3 Å². The predicted octanol–water partition coefficient (Wildman–Crippen LogP) is 5.32. The molecule has 36 heavy (non-hydrogen) atoms. The molecule has 1 N–H and O–H groups in total. The lowest BCUT2D eigenvalue weighted by atomic mass is 10.1. The number of nitrogens with one attached hydrogen (secondary N) is 1. The van der Waals surface area contributed by atoms with Gasteiger partial charge >= 0.3 is 6.36 Å². The van der Waals surface area contributed by atoms with Crippen molar-refractivity contribution in [2.24, 2.45) is 0 Å². The average Bonchev–Trinajstić information content (AvgIpc) is 2.84. The third-order valence-electron chi connectivity index (χ3n) is 5.31. The predicted molar refractivity (Wildman–Crippen MR) is 131 cm³/mol. The molecule has 0 aliphatic carbocycles. The first kappa shape index (κ1) is 25.2. The summed E-state index contributed by atoms with van der Waals surface area (Å²) in [5.74, 6) is -1.94. The fourth-order valence-electron chi connectivity index (χ4n) is 3.62. The zero-order valence-corrected chi connectivity index (χ0v) is 20.1. The third-order valence-corrected chi connectivity index (χ3v) is 5.83. The van der Waals surface area contributed by atoms with Crippen LogP contribution in [0.5, 0.6) is 5.75 Å². The van der Waals surface area contributed by atoms with Crippen LogP contribution >= 0.6 is 15.9 Å². The number of ether oxygens (including phenoxy) is 1. The summed E-state index contributed by atoms with van der Waals surface area (Å²) in [6.07, 6.45) is -4.34. The molecule has 0 aliphatic heterocycles. The summed E-state index contributed by atoms with van der Waals surface area (Å²) in [5.41, 5.74) is 0.131. The molecule has 1 amide bonds. The molecule has 0 fully saturated rings. The minimum Gasteiger partial charge on any atom is -0.406 e. The van der Waals surface area contributed by atoms with Gasteiger partial charge in [0, 0.05) is 16.6 Å². The van der Waals surface area contributed by atoms with Crippen LogP contribution in [0.2, 0.25) is 0 Å². The van der Waals surface area contributed by atoms with Crippen molar-refractivity contribution in [3.05, 3.63) is 110 Å². The summed E-state index contributed by atoms with van der Waals surface area (Å²) in [5, 5.41) is 3.18. The number of hydrogen-bond donors (Lipinski definition) is 1. The van der Waals surface area contributed by atoms with Gasteiger partial charge in [0.15, 0.2) is 0 Å². The quantitative estimate of drug-likeness (QED) is 0.347. The van der Waals surface area contributed by atoms with E-state index in [-0.39, 0.29) is 23.2 Å². The smallest absolute Gasteiger partial charge is 0.406 e. The van der Waals surface area contributed by atoms with Crippen molar-refractivity contribution in [3.63, 3.8) is 0 Å². The molecule has 1 aromatic heterocycles. The summed E-state index contributed by atoms with van der Waals surface area (Å²) < 4.78 is 42.9. The first-order chi connectivity index (χ1) is 17.1. The van der Waals surface area contributed by atoms with Crippen LogP contribution in [0, 0.1) is 0 Å². The van der Waals surface area contributed by atoms with Crippen LogP contribution in [0.1, 0.15) is 26.3 Å². The van der Waals surface area contributed by atoms with E-state index in [1.807, 2.05) is 24.3 Å². The van der Waals surface area contributed by atoms with E-state index >= 15 is 0 Å². The Labute approximate surface area is 211 Å². The number of benzene rings is 3. The number of rotatable bonds is 6. The summed E-state index contributed by atoms with van der Waals surface area (Å²) in [6.45, 7) is 0.265. The Bertz CT molecular complexity index is 1480. The van der Waals surface area contributed by atoms with Crippen LogP contribution in [-0.4, -0.2) is 29.3 Å². The minimum absolute atomic E-state index is 0.0513. The standard InChI is InChI=1S/C26H18BrF3N2O4/c27-19-9-5-16(6-10-19)13-14-31-23(33)21-15-18-3-1-2-4-22(18)32(25(21)35)24(34)17-7-11-20(12-8-17)36-26(28,29)30/h1-12,15H,13-14H2,(H,31,33). The van der Waals surface area contributed by atoms with E-state index in [2.05, 4.69) is 26.0 Å². The van der Waals surface area contributed by atoms with Crippen LogP contribution in [0.4, 0.5) is 13.2 Å². The lowest BCUT2D eigenvalue weighted by molar-refractivity contribution is -0.274. The number of carbonyl (C=O) groups excluding carboxylic acids is 2. The number of halogens is 4. The molecular formula is C26H18BrF3N2O4. The molecule has 0 saturated heterocycles. The molecule has 0 aliphatic rings. The molecule has 184 valence electrons. The fraction of sp³-hybridized carbons (Fsp3) is 0.115. The number of nitrogens with zero attached hydrogens (tertiary/aromatic N) is 1.